The summed E-state index contributed by atoms with van der Waals surface area (Å²) in [4.78, 5) is 0.268. The van der Waals surface area contributed by atoms with Crippen LogP contribution >= 0.6 is 12.6 Å². The first-order valence-electron chi connectivity index (χ1n) is 3.31. The van der Waals surface area contributed by atoms with E-state index >= 15 is 0 Å². The number of hydrogen-bond donors (Lipinski definition) is 1. The van der Waals surface area contributed by atoms with Gasteiger partial charge >= 0.3 is 0 Å². The summed E-state index contributed by atoms with van der Waals surface area (Å²) in [6.45, 7) is 0. The second-order valence-electron chi connectivity index (χ2n) is 2.22. The van der Waals surface area contributed by atoms with E-state index in [1.807, 2.05) is 18.2 Å². The van der Waals surface area contributed by atoms with Crippen LogP contribution < -0.4 is 0 Å². The molecule has 0 bridgehead atoms. The van der Waals surface area contributed by atoms with Crippen LogP contribution in [-0.2, 0) is 0 Å². The van der Waals surface area contributed by atoms with Gasteiger partial charge in [0.1, 0.15) is 18.2 Å². The van der Waals surface area contributed by atoms with Crippen molar-refractivity contribution < 1.29 is 0 Å². The van der Waals surface area contributed by atoms with Crippen molar-refractivity contribution in [1.29, 1.82) is 15.8 Å². The Balaban J connectivity index is 3.57. The molecule has 0 aliphatic carbocycles. The van der Waals surface area contributed by atoms with Crippen molar-refractivity contribution in [2.75, 3.05) is 0 Å². The lowest BCUT2D eigenvalue weighted by atomic mass is 10.1. The molecule has 0 unspecified atom stereocenters. The van der Waals surface area contributed by atoms with Crippen molar-refractivity contribution >= 4 is 12.6 Å². The van der Waals surface area contributed by atoms with Gasteiger partial charge in [0.25, 0.3) is 0 Å². The minimum absolute atomic E-state index is 0.157. The van der Waals surface area contributed by atoms with Crippen LogP contribution in [0.4, 0.5) is 0 Å². The van der Waals surface area contributed by atoms with Gasteiger partial charge in [0.2, 0.25) is 0 Å². The first-order chi connectivity index (χ1) is 6.24. The van der Waals surface area contributed by atoms with E-state index in [0.717, 1.165) is 0 Å². The Labute approximate surface area is 80.9 Å². The minimum Gasteiger partial charge on any atom is -0.192 e. The van der Waals surface area contributed by atoms with E-state index in [-0.39, 0.29) is 16.0 Å². The Bertz CT molecular complexity index is 471. The van der Waals surface area contributed by atoms with Crippen molar-refractivity contribution in [1.82, 2.24) is 0 Å². The molecule has 4 heteroatoms. The number of thiol groups is 1. The molecule has 0 atom stereocenters. The van der Waals surface area contributed by atoms with E-state index in [4.69, 9.17) is 15.8 Å². The third kappa shape index (κ3) is 1.47. The first-order valence-corrected chi connectivity index (χ1v) is 3.75. The Morgan fingerprint density at radius 3 is 1.92 bits per heavy atom. The number of rotatable bonds is 0. The average Bonchev–Trinajstić information content (AvgIpc) is 2.17. The average molecular weight is 185 g/mol. The summed E-state index contributed by atoms with van der Waals surface area (Å²) in [5, 5.41) is 25.9. The highest BCUT2D eigenvalue weighted by molar-refractivity contribution is 7.80. The maximum absolute atomic E-state index is 8.69. The van der Waals surface area contributed by atoms with Crippen LogP contribution in [0.15, 0.2) is 17.0 Å². The Morgan fingerprint density at radius 1 is 0.923 bits per heavy atom. The van der Waals surface area contributed by atoms with Crippen molar-refractivity contribution in [3.05, 3.63) is 28.8 Å². The molecule has 0 heterocycles. The first kappa shape index (κ1) is 9.13. The summed E-state index contributed by atoms with van der Waals surface area (Å²) in [6, 6.07) is 8.50. The topological polar surface area (TPSA) is 71.4 Å². The third-order valence-electron chi connectivity index (χ3n) is 1.53. The van der Waals surface area contributed by atoms with Crippen LogP contribution in [-0.4, -0.2) is 0 Å². The molecular formula is C9H3N3S. The molecule has 0 saturated carbocycles. The number of nitrogens with zero attached hydrogens (tertiary/aromatic N) is 3. The van der Waals surface area contributed by atoms with Gasteiger partial charge in [-0.15, -0.1) is 12.6 Å². The lowest BCUT2D eigenvalue weighted by Crippen LogP contribution is -1.89. The van der Waals surface area contributed by atoms with Gasteiger partial charge < -0.3 is 0 Å². The van der Waals surface area contributed by atoms with Gasteiger partial charge in [0.15, 0.2) is 0 Å². The van der Waals surface area contributed by atoms with Gasteiger partial charge in [0, 0.05) is 4.90 Å². The minimum atomic E-state index is 0.157. The van der Waals surface area contributed by atoms with E-state index in [9.17, 15) is 0 Å². The lowest BCUT2D eigenvalue weighted by Gasteiger charge is -1.99. The molecule has 3 nitrogen and oxygen atoms in total. The molecule has 0 N–H and O–H groups in total. The molecule has 0 spiro atoms. The molecule has 0 aromatic heterocycles. The highest BCUT2D eigenvalue weighted by Gasteiger charge is 2.09. The fourth-order valence-corrected chi connectivity index (χ4v) is 1.18. The summed E-state index contributed by atoms with van der Waals surface area (Å²) < 4.78 is 0. The normalized spacial score (nSPS) is 8.15. The largest absolute Gasteiger partial charge is 0.192 e. The maximum Gasteiger partial charge on any atom is 0.102 e. The van der Waals surface area contributed by atoms with Crippen molar-refractivity contribution in [3.8, 4) is 18.2 Å². The monoisotopic (exact) mass is 185 g/mol. The van der Waals surface area contributed by atoms with Crippen molar-refractivity contribution in [2.24, 2.45) is 0 Å². The summed E-state index contributed by atoms with van der Waals surface area (Å²) in [6.07, 6.45) is 0. The fourth-order valence-electron chi connectivity index (χ4n) is 0.888. The summed E-state index contributed by atoms with van der Waals surface area (Å²) in [7, 11) is 0. The molecule has 1 aromatic rings. The van der Waals surface area contributed by atoms with Gasteiger partial charge in [-0.2, -0.15) is 15.8 Å². The summed E-state index contributed by atoms with van der Waals surface area (Å²) in [5.74, 6) is 0. The van der Waals surface area contributed by atoms with Gasteiger partial charge in [-0.05, 0) is 12.1 Å². The molecule has 60 valence electrons. The van der Waals surface area contributed by atoms with Gasteiger partial charge in [0.05, 0.1) is 16.7 Å². The zero-order valence-corrected chi connectivity index (χ0v) is 7.34. The second kappa shape index (κ2) is 3.63. The smallest absolute Gasteiger partial charge is 0.102 e. The zero-order chi connectivity index (χ0) is 9.84. The number of nitriles is 3. The Morgan fingerprint density at radius 2 is 1.46 bits per heavy atom. The molecule has 0 radical (unpaired) electrons. The maximum atomic E-state index is 8.69. The quantitative estimate of drug-likeness (QED) is 0.624. The number of hydrogen-bond acceptors (Lipinski definition) is 4. The Kier molecular flexibility index (Phi) is 2.55. The van der Waals surface area contributed by atoms with Crippen LogP contribution in [0.1, 0.15) is 16.7 Å². The van der Waals surface area contributed by atoms with Gasteiger partial charge in [-0.3, -0.25) is 0 Å². The highest BCUT2D eigenvalue weighted by Crippen LogP contribution is 2.21. The summed E-state index contributed by atoms with van der Waals surface area (Å²) in [5.41, 5.74) is 0.704. The predicted molar refractivity (Wildman–Crippen MR) is 47.8 cm³/mol. The molecule has 1 rings (SSSR count). The molecule has 0 aliphatic heterocycles. The van der Waals surface area contributed by atoms with Gasteiger partial charge in [-0.1, -0.05) is 0 Å². The van der Waals surface area contributed by atoms with Crippen LogP contribution in [0.25, 0.3) is 0 Å². The van der Waals surface area contributed by atoms with Crippen molar-refractivity contribution in [3.63, 3.8) is 0 Å². The highest BCUT2D eigenvalue weighted by atomic mass is 32.1. The van der Waals surface area contributed by atoms with Crippen molar-refractivity contribution in [2.45, 2.75) is 4.90 Å². The van der Waals surface area contributed by atoms with E-state index in [1.165, 1.54) is 12.1 Å². The zero-order valence-electron chi connectivity index (χ0n) is 6.44. The Hall–Kier alpha value is -1.96. The molecule has 0 saturated heterocycles. The molecule has 0 fully saturated rings. The van der Waals surface area contributed by atoms with Crippen LogP contribution in [0, 0.1) is 34.0 Å². The SMILES string of the molecule is N#Cc1ccc(C#N)c(C#N)c1S. The molecule has 0 amide bonds. The fraction of sp³-hybridized carbons (Fsp3) is 0. The summed E-state index contributed by atoms with van der Waals surface area (Å²) >= 11 is 4.00. The number of benzene rings is 1. The molecular weight excluding hydrogens is 182 g/mol. The van der Waals surface area contributed by atoms with Crippen LogP contribution in [0.5, 0.6) is 0 Å². The van der Waals surface area contributed by atoms with Crippen LogP contribution in [0.3, 0.4) is 0 Å². The molecule has 1 aromatic carbocycles. The van der Waals surface area contributed by atoms with E-state index in [1.54, 1.807) is 0 Å². The van der Waals surface area contributed by atoms with E-state index < -0.39 is 0 Å². The third-order valence-corrected chi connectivity index (χ3v) is 2.00. The lowest BCUT2D eigenvalue weighted by molar-refractivity contribution is 1.30. The standard InChI is InChI=1S/C9H3N3S/c10-3-6-1-2-7(4-11)9(13)8(6)5-12/h1-2,13H. The van der Waals surface area contributed by atoms with E-state index in [2.05, 4.69) is 12.6 Å². The van der Waals surface area contributed by atoms with E-state index in [0.29, 0.717) is 5.56 Å². The van der Waals surface area contributed by atoms with Gasteiger partial charge in [-0.25, -0.2) is 0 Å². The molecule has 0 aliphatic rings. The predicted octanol–water partition coefficient (Wildman–Crippen LogP) is 1.59. The molecule has 13 heavy (non-hydrogen) atoms. The second-order valence-corrected chi connectivity index (χ2v) is 2.67. The van der Waals surface area contributed by atoms with Crippen LogP contribution in [0.2, 0.25) is 0 Å².